The number of nitrogens with one attached hydrogen (secondary N) is 2. The molecule has 34 heavy (non-hydrogen) atoms. The van der Waals surface area contributed by atoms with Gasteiger partial charge in [0.25, 0.3) is 5.91 Å². The summed E-state index contributed by atoms with van der Waals surface area (Å²) in [6.07, 6.45) is 7.05. The molecule has 3 heterocycles. The van der Waals surface area contributed by atoms with E-state index in [-0.39, 0.29) is 12.5 Å². The summed E-state index contributed by atoms with van der Waals surface area (Å²) in [6.45, 7) is 1.92. The van der Waals surface area contributed by atoms with Gasteiger partial charge in [0.1, 0.15) is 35.0 Å². The second-order valence-electron chi connectivity index (χ2n) is 7.63. The Kier molecular flexibility index (Phi) is 5.65. The molecule has 9 heteroatoms. The summed E-state index contributed by atoms with van der Waals surface area (Å²) in [7, 11) is 1.57. The molecule has 0 fully saturated rings. The van der Waals surface area contributed by atoms with Crippen LogP contribution < -0.4 is 20.1 Å². The van der Waals surface area contributed by atoms with Gasteiger partial charge in [0, 0.05) is 42.8 Å². The van der Waals surface area contributed by atoms with E-state index in [4.69, 9.17) is 9.47 Å². The van der Waals surface area contributed by atoms with E-state index >= 15 is 0 Å². The van der Waals surface area contributed by atoms with Crippen LogP contribution in [0, 0.1) is 6.92 Å². The number of ether oxygens (including phenoxy) is 2. The lowest BCUT2D eigenvalue weighted by Gasteiger charge is -2.13. The number of amides is 1. The van der Waals surface area contributed by atoms with Crippen LogP contribution in [0.15, 0.2) is 73.4 Å². The molecule has 0 aliphatic carbocycles. The summed E-state index contributed by atoms with van der Waals surface area (Å²) in [5.74, 6) is 2.45. The van der Waals surface area contributed by atoms with Crippen LogP contribution in [0.1, 0.15) is 5.56 Å². The van der Waals surface area contributed by atoms with Gasteiger partial charge in [-0.05, 0) is 55.0 Å². The Balaban J connectivity index is 1.36. The molecular formula is C25H22N6O3. The Bertz CT molecular complexity index is 1500. The highest BCUT2D eigenvalue weighted by molar-refractivity contribution is 5.91. The lowest BCUT2D eigenvalue weighted by molar-refractivity contribution is -0.122. The second kappa shape index (κ2) is 9.07. The van der Waals surface area contributed by atoms with E-state index in [0.717, 1.165) is 33.6 Å². The fraction of sp³-hybridized carbons (Fsp3) is 0.120. The number of anilines is 2. The molecule has 0 bridgehead atoms. The number of nitrogens with zero attached hydrogens (tertiary/aromatic N) is 4. The molecule has 0 spiro atoms. The zero-order valence-electron chi connectivity index (χ0n) is 18.6. The number of rotatable bonds is 7. The number of imidazole rings is 1. The highest BCUT2D eigenvalue weighted by atomic mass is 16.5. The summed E-state index contributed by atoms with van der Waals surface area (Å²) < 4.78 is 13.6. The third-order valence-electron chi connectivity index (χ3n) is 5.29. The van der Waals surface area contributed by atoms with Crippen molar-refractivity contribution in [2.24, 2.45) is 0 Å². The number of hydrogen-bond donors (Lipinski definition) is 2. The van der Waals surface area contributed by atoms with Crippen LogP contribution in [0.2, 0.25) is 0 Å². The number of aryl methyl sites for hydroxylation is 1. The summed E-state index contributed by atoms with van der Waals surface area (Å²) in [5.41, 5.74) is 3.39. The molecular weight excluding hydrogens is 432 g/mol. The average Bonchev–Trinajstić information content (AvgIpc) is 3.32. The highest BCUT2D eigenvalue weighted by Gasteiger charge is 2.09. The topological polar surface area (TPSA) is 103 Å². The maximum atomic E-state index is 11.5. The largest absolute Gasteiger partial charge is 0.484 e. The van der Waals surface area contributed by atoms with Crippen LogP contribution in [-0.4, -0.2) is 38.9 Å². The monoisotopic (exact) mass is 454 g/mol. The van der Waals surface area contributed by atoms with Crippen LogP contribution in [0.4, 0.5) is 11.5 Å². The molecule has 0 aliphatic heterocycles. The molecule has 0 unspecified atom stereocenters. The molecule has 2 N–H and O–H groups in total. The third kappa shape index (κ3) is 4.44. The van der Waals surface area contributed by atoms with Gasteiger partial charge in [0.15, 0.2) is 6.61 Å². The number of carbonyl (C=O) groups excluding carboxylic acids is 1. The van der Waals surface area contributed by atoms with Gasteiger partial charge in [-0.1, -0.05) is 0 Å². The number of likely N-dealkylation sites (N-methyl/N-ethyl adjacent to an activating group) is 1. The fourth-order valence-electron chi connectivity index (χ4n) is 3.51. The molecule has 0 saturated carbocycles. The SMILES string of the molecule is CNC(=O)COc1ccc2ncnc(Nc3ccc(Oc4ccn5ccnc5c4)c(C)c3)c2c1. The molecule has 0 radical (unpaired) electrons. The fourth-order valence-corrected chi connectivity index (χ4v) is 3.51. The first kappa shape index (κ1) is 21.2. The molecule has 5 rings (SSSR count). The molecule has 5 aromatic rings. The van der Waals surface area contributed by atoms with E-state index in [1.54, 1.807) is 19.3 Å². The predicted octanol–water partition coefficient (Wildman–Crippen LogP) is 4.25. The number of benzene rings is 2. The Morgan fingerprint density at radius 2 is 1.91 bits per heavy atom. The van der Waals surface area contributed by atoms with Crippen molar-refractivity contribution in [3.05, 3.63) is 79.0 Å². The van der Waals surface area contributed by atoms with Crippen molar-refractivity contribution in [3.63, 3.8) is 0 Å². The molecule has 9 nitrogen and oxygen atoms in total. The minimum absolute atomic E-state index is 0.0629. The molecule has 0 atom stereocenters. The van der Waals surface area contributed by atoms with Gasteiger partial charge in [-0.15, -0.1) is 0 Å². The maximum absolute atomic E-state index is 11.5. The Hall–Kier alpha value is -4.66. The van der Waals surface area contributed by atoms with Crippen molar-refractivity contribution < 1.29 is 14.3 Å². The zero-order valence-corrected chi connectivity index (χ0v) is 18.6. The molecule has 2 aromatic carbocycles. The van der Waals surface area contributed by atoms with E-state index in [0.29, 0.717) is 17.3 Å². The van der Waals surface area contributed by atoms with Crippen LogP contribution >= 0.6 is 0 Å². The van der Waals surface area contributed by atoms with E-state index in [1.165, 1.54) is 6.33 Å². The number of fused-ring (bicyclic) bond motifs is 2. The minimum atomic E-state index is -0.203. The predicted molar refractivity (Wildman–Crippen MR) is 129 cm³/mol. The first-order chi connectivity index (χ1) is 16.6. The van der Waals surface area contributed by atoms with Gasteiger partial charge in [0.05, 0.1) is 5.52 Å². The van der Waals surface area contributed by atoms with Gasteiger partial charge >= 0.3 is 0 Å². The van der Waals surface area contributed by atoms with Gasteiger partial charge in [-0.3, -0.25) is 4.79 Å². The van der Waals surface area contributed by atoms with Crippen molar-refractivity contribution in [1.82, 2.24) is 24.7 Å². The van der Waals surface area contributed by atoms with Gasteiger partial charge in [-0.2, -0.15) is 0 Å². The molecule has 0 saturated heterocycles. The maximum Gasteiger partial charge on any atom is 0.257 e. The first-order valence-electron chi connectivity index (χ1n) is 10.7. The van der Waals surface area contributed by atoms with Crippen molar-refractivity contribution >= 4 is 34.0 Å². The van der Waals surface area contributed by atoms with Crippen LogP contribution in [0.5, 0.6) is 17.2 Å². The summed E-state index contributed by atoms with van der Waals surface area (Å²) in [6, 6.07) is 15.0. The minimum Gasteiger partial charge on any atom is -0.484 e. The zero-order chi connectivity index (χ0) is 23.5. The Morgan fingerprint density at radius 3 is 2.76 bits per heavy atom. The average molecular weight is 454 g/mol. The molecule has 1 amide bonds. The van der Waals surface area contributed by atoms with Crippen molar-refractivity contribution in [2.45, 2.75) is 6.92 Å². The third-order valence-corrected chi connectivity index (χ3v) is 5.29. The number of hydrogen-bond acceptors (Lipinski definition) is 7. The van der Waals surface area contributed by atoms with Gasteiger partial charge in [-0.25, -0.2) is 15.0 Å². The lowest BCUT2D eigenvalue weighted by atomic mass is 10.2. The van der Waals surface area contributed by atoms with Crippen LogP contribution in [0.25, 0.3) is 16.6 Å². The second-order valence-corrected chi connectivity index (χ2v) is 7.63. The normalized spacial score (nSPS) is 10.9. The first-order valence-corrected chi connectivity index (χ1v) is 10.7. The summed E-state index contributed by atoms with van der Waals surface area (Å²) in [4.78, 5) is 24.5. The number of carbonyl (C=O) groups is 1. The molecule has 0 aliphatic rings. The van der Waals surface area contributed by atoms with Crippen molar-refractivity contribution in [2.75, 3.05) is 19.0 Å². The van der Waals surface area contributed by atoms with E-state index in [9.17, 15) is 4.79 Å². The van der Waals surface area contributed by atoms with Crippen LogP contribution in [-0.2, 0) is 4.79 Å². The Labute approximate surface area is 195 Å². The highest BCUT2D eigenvalue weighted by Crippen LogP contribution is 2.31. The lowest BCUT2D eigenvalue weighted by Crippen LogP contribution is -2.24. The number of pyridine rings is 1. The standard InChI is InChI=1S/C25H22N6O3/c1-16-11-17(3-6-22(16)34-19-7-9-31-10-8-27-23(31)13-19)30-25-20-12-18(33-14-24(32)26-2)4-5-21(20)28-15-29-25/h3-13,15H,14H2,1-2H3,(H,26,32)(H,28,29,30). The molecule has 170 valence electrons. The van der Waals surface area contributed by atoms with Gasteiger partial charge in [0.2, 0.25) is 0 Å². The van der Waals surface area contributed by atoms with Gasteiger partial charge < -0.3 is 24.5 Å². The smallest absolute Gasteiger partial charge is 0.257 e. The Morgan fingerprint density at radius 1 is 1.00 bits per heavy atom. The van der Waals surface area contributed by atoms with E-state index < -0.39 is 0 Å². The molecule has 3 aromatic heterocycles. The van der Waals surface area contributed by atoms with E-state index in [1.807, 2.05) is 66.2 Å². The van der Waals surface area contributed by atoms with Crippen molar-refractivity contribution in [1.29, 1.82) is 0 Å². The quantitative estimate of drug-likeness (QED) is 0.379. The van der Waals surface area contributed by atoms with Crippen LogP contribution in [0.3, 0.4) is 0 Å². The summed E-state index contributed by atoms with van der Waals surface area (Å²) in [5, 5.41) is 6.66. The van der Waals surface area contributed by atoms with E-state index in [2.05, 4.69) is 25.6 Å². The summed E-state index contributed by atoms with van der Waals surface area (Å²) >= 11 is 0. The van der Waals surface area contributed by atoms with Crippen molar-refractivity contribution in [3.8, 4) is 17.2 Å². The number of aromatic nitrogens is 4.